The first-order chi connectivity index (χ1) is 16.1. The smallest absolute Gasteiger partial charge is 0.268 e. The Bertz CT molecular complexity index is 1160. The fourth-order valence-electron chi connectivity index (χ4n) is 4.40. The van der Waals surface area contributed by atoms with E-state index in [1.54, 1.807) is 60.7 Å². The first kappa shape index (κ1) is 21.8. The van der Waals surface area contributed by atoms with Gasteiger partial charge in [0.1, 0.15) is 17.1 Å². The van der Waals surface area contributed by atoms with Crippen LogP contribution in [0.15, 0.2) is 77.7 Å². The van der Waals surface area contributed by atoms with Gasteiger partial charge in [-0.2, -0.15) is 0 Å². The van der Waals surface area contributed by atoms with E-state index in [0.717, 1.165) is 13.0 Å². The summed E-state index contributed by atoms with van der Waals surface area (Å²) in [5.41, 5.74) is 0.989. The summed E-state index contributed by atoms with van der Waals surface area (Å²) in [5.74, 6) is 1.69. The number of ether oxygens (including phenoxy) is 2. The zero-order chi connectivity index (χ0) is 22.7. The minimum Gasteiger partial charge on any atom is -0.494 e. The lowest BCUT2D eigenvalue weighted by Gasteiger charge is -2.31. The molecular weight excluding hydrogens is 436 g/mol. The molecule has 33 heavy (non-hydrogen) atoms. The predicted molar refractivity (Wildman–Crippen MR) is 129 cm³/mol. The second-order valence-electron chi connectivity index (χ2n) is 8.38. The van der Waals surface area contributed by atoms with Crippen LogP contribution in [0.4, 0.5) is 11.4 Å². The summed E-state index contributed by atoms with van der Waals surface area (Å²) in [4.78, 5) is 2.69. The number of hydrogen-bond donors (Lipinski definition) is 0. The highest BCUT2D eigenvalue weighted by Gasteiger charge is 2.34. The van der Waals surface area contributed by atoms with Crippen LogP contribution in [0.1, 0.15) is 25.7 Å². The lowest BCUT2D eigenvalue weighted by atomic mass is 10.1. The molecule has 7 heteroatoms. The third-order valence-corrected chi connectivity index (χ3v) is 7.83. The molecule has 5 rings (SSSR count). The van der Waals surface area contributed by atoms with Crippen molar-refractivity contribution in [3.05, 3.63) is 72.8 Å². The number of anilines is 2. The maximum atomic E-state index is 13.7. The Labute approximate surface area is 195 Å². The Hall–Kier alpha value is -3.03. The van der Waals surface area contributed by atoms with Crippen LogP contribution in [-0.4, -0.2) is 39.6 Å². The summed E-state index contributed by atoms with van der Waals surface area (Å²) in [5, 5.41) is 0. The highest BCUT2D eigenvalue weighted by Crippen LogP contribution is 2.48. The maximum Gasteiger partial charge on any atom is 0.268 e. The normalized spacial score (nSPS) is 15.9. The third-order valence-electron chi connectivity index (χ3n) is 6.09. The summed E-state index contributed by atoms with van der Waals surface area (Å²) in [7, 11) is -3.85. The van der Waals surface area contributed by atoms with Crippen molar-refractivity contribution in [3.8, 4) is 17.2 Å². The van der Waals surface area contributed by atoms with Gasteiger partial charge in [0, 0.05) is 6.54 Å². The number of para-hydroxylation sites is 4. The van der Waals surface area contributed by atoms with Gasteiger partial charge in [0.15, 0.2) is 11.5 Å². The van der Waals surface area contributed by atoms with Gasteiger partial charge >= 0.3 is 0 Å². The van der Waals surface area contributed by atoms with Crippen molar-refractivity contribution >= 4 is 21.4 Å². The van der Waals surface area contributed by atoms with Gasteiger partial charge in [-0.25, -0.2) is 12.7 Å². The van der Waals surface area contributed by atoms with E-state index in [1.165, 1.54) is 36.7 Å². The average molecular weight is 465 g/mol. The molecule has 2 heterocycles. The number of sulfonamides is 1. The fourth-order valence-corrected chi connectivity index (χ4v) is 5.91. The highest BCUT2D eigenvalue weighted by molar-refractivity contribution is 7.93. The number of benzene rings is 3. The van der Waals surface area contributed by atoms with Crippen LogP contribution in [-0.2, 0) is 10.0 Å². The Balaban J connectivity index is 1.31. The summed E-state index contributed by atoms with van der Waals surface area (Å²) in [6.07, 6.45) is 4.87. The van der Waals surface area contributed by atoms with Gasteiger partial charge in [-0.3, -0.25) is 0 Å². The molecule has 1 saturated heterocycles. The van der Waals surface area contributed by atoms with Crippen molar-refractivity contribution in [2.75, 3.05) is 30.5 Å². The second-order valence-corrected chi connectivity index (χ2v) is 10.2. The molecule has 0 aromatic heterocycles. The fraction of sp³-hybridized carbons (Fsp3) is 0.308. The van der Waals surface area contributed by atoms with Crippen molar-refractivity contribution in [1.29, 1.82) is 0 Å². The maximum absolute atomic E-state index is 13.7. The summed E-state index contributed by atoms with van der Waals surface area (Å²) in [6, 6.07) is 21.0. The van der Waals surface area contributed by atoms with E-state index in [9.17, 15) is 8.42 Å². The Morgan fingerprint density at radius 2 is 1.39 bits per heavy atom. The Morgan fingerprint density at radius 3 is 2.03 bits per heavy atom. The topological polar surface area (TPSA) is 59.1 Å². The number of hydrogen-bond acceptors (Lipinski definition) is 5. The number of fused-ring (bicyclic) bond motifs is 2. The zero-order valence-corrected chi connectivity index (χ0v) is 19.3. The van der Waals surface area contributed by atoms with E-state index in [2.05, 4.69) is 4.90 Å². The van der Waals surface area contributed by atoms with Gasteiger partial charge in [0.25, 0.3) is 10.0 Å². The van der Waals surface area contributed by atoms with Gasteiger partial charge in [0.2, 0.25) is 0 Å². The molecule has 1 fully saturated rings. The zero-order valence-electron chi connectivity index (χ0n) is 18.5. The molecule has 0 saturated carbocycles. The van der Waals surface area contributed by atoms with Gasteiger partial charge in [-0.1, -0.05) is 30.7 Å². The van der Waals surface area contributed by atoms with Crippen LogP contribution >= 0.6 is 0 Å². The van der Waals surface area contributed by atoms with Gasteiger partial charge < -0.3 is 14.4 Å². The molecule has 3 aromatic rings. The van der Waals surface area contributed by atoms with Crippen LogP contribution < -0.4 is 13.8 Å². The molecule has 0 radical (unpaired) electrons. The average Bonchev–Trinajstić information content (AvgIpc) is 2.86. The van der Waals surface area contributed by atoms with Crippen LogP contribution in [0, 0.1) is 0 Å². The van der Waals surface area contributed by atoms with Gasteiger partial charge in [-0.15, -0.1) is 0 Å². The van der Waals surface area contributed by atoms with Crippen molar-refractivity contribution in [3.63, 3.8) is 0 Å². The quantitative estimate of drug-likeness (QED) is 0.428. The Morgan fingerprint density at radius 1 is 0.788 bits per heavy atom. The van der Waals surface area contributed by atoms with E-state index in [1.807, 2.05) is 12.1 Å². The van der Waals surface area contributed by atoms with Gasteiger partial charge in [0.05, 0.1) is 11.5 Å². The van der Waals surface area contributed by atoms with E-state index < -0.39 is 10.0 Å². The molecule has 0 aliphatic carbocycles. The molecule has 2 aliphatic heterocycles. The minimum atomic E-state index is -3.85. The molecule has 0 atom stereocenters. The molecule has 0 unspecified atom stereocenters. The van der Waals surface area contributed by atoms with E-state index in [0.29, 0.717) is 35.2 Å². The molecule has 0 amide bonds. The first-order valence-corrected chi connectivity index (χ1v) is 12.9. The lowest BCUT2D eigenvalue weighted by Crippen LogP contribution is -2.31. The molecule has 0 bridgehead atoms. The lowest BCUT2D eigenvalue weighted by molar-refractivity contribution is 0.205. The third kappa shape index (κ3) is 4.56. The van der Waals surface area contributed by atoms with Gasteiger partial charge in [-0.05, 0) is 80.9 Å². The molecule has 0 N–H and O–H groups in total. The van der Waals surface area contributed by atoms with Crippen LogP contribution in [0.5, 0.6) is 17.2 Å². The van der Waals surface area contributed by atoms with Crippen LogP contribution in [0.25, 0.3) is 0 Å². The highest BCUT2D eigenvalue weighted by atomic mass is 32.2. The largest absolute Gasteiger partial charge is 0.494 e. The summed E-state index contributed by atoms with van der Waals surface area (Å²) >= 11 is 0. The molecule has 2 aliphatic rings. The standard InChI is InChI=1S/C26H28N2O4S/c29-33(30,28-23-9-2-4-11-25(23)32-26-12-5-3-10-24(26)28)22-15-13-21(14-16-22)31-20-8-19-27-17-6-1-7-18-27/h2-5,9-16H,1,6-8,17-20H2. The van der Waals surface area contributed by atoms with Crippen LogP contribution in [0.3, 0.4) is 0 Å². The van der Waals surface area contributed by atoms with Crippen molar-refractivity contribution in [1.82, 2.24) is 4.90 Å². The number of likely N-dealkylation sites (tertiary alicyclic amines) is 1. The molecule has 0 spiro atoms. The van der Waals surface area contributed by atoms with Crippen molar-refractivity contribution in [2.45, 2.75) is 30.6 Å². The second kappa shape index (κ2) is 9.45. The minimum absolute atomic E-state index is 0.203. The van der Waals surface area contributed by atoms with Crippen molar-refractivity contribution in [2.24, 2.45) is 0 Å². The Kier molecular flexibility index (Phi) is 6.24. The van der Waals surface area contributed by atoms with Crippen molar-refractivity contribution < 1.29 is 17.9 Å². The first-order valence-electron chi connectivity index (χ1n) is 11.5. The predicted octanol–water partition coefficient (Wildman–Crippen LogP) is 5.57. The molecule has 6 nitrogen and oxygen atoms in total. The summed E-state index contributed by atoms with van der Waals surface area (Å²) in [6.45, 7) is 4.02. The summed E-state index contributed by atoms with van der Waals surface area (Å²) < 4.78 is 40.5. The molecule has 3 aromatic carbocycles. The molecule has 172 valence electrons. The SMILES string of the molecule is O=S(=O)(c1ccc(OCCCN2CCCCC2)cc1)N1c2ccccc2Oc2ccccc21. The van der Waals surface area contributed by atoms with E-state index in [4.69, 9.17) is 9.47 Å². The van der Waals surface area contributed by atoms with E-state index >= 15 is 0 Å². The number of piperidine rings is 1. The number of rotatable bonds is 7. The van der Waals surface area contributed by atoms with Crippen LogP contribution in [0.2, 0.25) is 0 Å². The monoisotopic (exact) mass is 464 g/mol. The van der Waals surface area contributed by atoms with E-state index in [-0.39, 0.29) is 4.90 Å². The molecular formula is C26H28N2O4S. The number of nitrogens with zero attached hydrogens (tertiary/aromatic N) is 2.